The van der Waals surface area contributed by atoms with Gasteiger partial charge in [-0.25, -0.2) is 0 Å². The van der Waals surface area contributed by atoms with Gasteiger partial charge < -0.3 is 0 Å². The molecule has 0 fully saturated rings. The van der Waals surface area contributed by atoms with Crippen LogP contribution in [0.3, 0.4) is 0 Å². The fourth-order valence-electron chi connectivity index (χ4n) is 0.499. The zero-order valence-electron chi connectivity index (χ0n) is 4.07. The van der Waals surface area contributed by atoms with Crippen molar-refractivity contribution < 1.29 is 0 Å². The summed E-state index contributed by atoms with van der Waals surface area (Å²) >= 11 is 10.9. The molecule has 42 valence electrons. The van der Waals surface area contributed by atoms with Crippen LogP contribution in [0, 0.1) is 0 Å². The molecule has 0 amide bonds. The summed E-state index contributed by atoms with van der Waals surface area (Å²) in [6, 6.07) is 0. The van der Waals surface area contributed by atoms with Gasteiger partial charge >= 0.3 is 0 Å². The molecule has 0 saturated heterocycles. The summed E-state index contributed by atoms with van der Waals surface area (Å²) in [6.07, 6.45) is 5.46. The van der Waals surface area contributed by atoms with Crippen LogP contribution in [0.15, 0.2) is 34.4 Å². The first-order chi connectivity index (χ1) is 3.83. The Morgan fingerprint density at radius 2 is 2.12 bits per heavy atom. The quantitative estimate of drug-likeness (QED) is 0.494. The summed E-state index contributed by atoms with van der Waals surface area (Å²) in [5, 5.41) is 0.733. The Morgan fingerprint density at radius 1 is 1.38 bits per heavy atom. The summed E-state index contributed by atoms with van der Waals surface area (Å²) in [7, 11) is 0. The van der Waals surface area contributed by atoms with Crippen molar-refractivity contribution in [3.63, 3.8) is 0 Å². The van der Waals surface area contributed by atoms with Crippen molar-refractivity contribution in [1.82, 2.24) is 0 Å². The fourth-order valence-corrected chi connectivity index (χ4v) is 0.824. The molecule has 0 N–H and O–H groups in total. The second kappa shape index (κ2) is 2.38. The van der Waals surface area contributed by atoms with E-state index in [1.165, 1.54) is 5.54 Å². The molecule has 0 atom stereocenters. The van der Waals surface area contributed by atoms with Gasteiger partial charge in [0.2, 0.25) is 0 Å². The van der Waals surface area contributed by atoms with Crippen LogP contribution in [-0.2, 0) is 0 Å². The van der Waals surface area contributed by atoms with Crippen molar-refractivity contribution in [3.8, 4) is 0 Å². The van der Waals surface area contributed by atoms with Crippen LogP contribution in [0.1, 0.15) is 0 Å². The van der Waals surface area contributed by atoms with Crippen molar-refractivity contribution >= 4 is 23.2 Å². The lowest BCUT2D eigenvalue weighted by molar-refractivity contribution is 1.82. The third-order valence-corrected chi connectivity index (χ3v) is 1.35. The highest BCUT2D eigenvalue weighted by molar-refractivity contribution is 6.32. The lowest BCUT2D eigenvalue weighted by Crippen LogP contribution is -1.57. The number of rotatable bonds is 0. The predicted molar refractivity (Wildman–Crippen MR) is 37.0 cm³/mol. The van der Waals surface area contributed by atoms with Gasteiger partial charge in [-0.3, -0.25) is 0 Å². The molecule has 1 aliphatic rings. The topological polar surface area (TPSA) is 0 Å². The molecule has 0 unspecified atom stereocenters. The van der Waals surface area contributed by atoms with Crippen LogP contribution in [0.25, 0.3) is 0 Å². The lowest BCUT2D eigenvalue weighted by atomic mass is 10.3. The number of hydrogen-bond acceptors (Lipinski definition) is 0. The number of halogens is 2. The zero-order chi connectivity index (χ0) is 5.98. The maximum Gasteiger partial charge on any atom is 0.0412 e. The predicted octanol–water partition coefficient (Wildman–Crippen LogP) is 2.80. The minimum absolute atomic E-state index is 0.733. The van der Waals surface area contributed by atoms with Gasteiger partial charge in [0.05, 0.1) is 0 Å². The smallest absolute Gasteiger partial charge is 0.0412 e. The summed E-state index contributed by atoms with van der Waals surface area (Å²) in [4.78, 5) is 0. The molecule has 0 aromatic heterocycles. The first-order valence-electron chi connectivity index (χ1n) is 2.18. The fraction of sp³-hybridized carbons (Fsp3) is 0. The Balaban J connectivity index is 2.84. The molecular formula is C6H4Cl2. The molecule has 0 spiro atoms. The van der Waals surface area contributed by atoms with E-state index in [9.17, 15) is 0 Å². The zero-order valence-corrected chi connectivity index (χ0v) is 5.58. The van der Waals surface area contributed by atoms with E-state index in [1.807, 2.05) is 6.08 Å². The van der Waals surface area contributed by atoms with E-state index in [2.05, 4.69) is 0 Å². The Morgan fingerprint density at radius 3 is 2.38 bits per heavy atom. The van der Waals surface area contributed by atoms with Gasteiger partial charge in [0.1, 0.15) is 0 Å². The molecule has 2 heteroatoms. The van der Waals surface area contributed by atoms with Gasteiger partial charge in [-0.2, -0.15) is 0 Å². The summed E-state index contributed by atoms with van der Waals surface area (Å²) in [5.74, 6) is 0. The second-order valence-electron chi connectivity index (χ2n) is 1.47. The minimum Gasteiger partial charge on any atom is -0.0923 e. The number of hydrogen-bond donors (Lipinski definition) is 0. The average molecular weight is 147 g/mol. The monoisotopic (exact) mass is 146 g/mol. The van der Waals surface area contributed by atoms with Crippen LogP contribution in [0.2, 0.25) is 0 Å². The largest absolute Gasteiger partial charge is 0.0923 e. The summed E-state index contributed by atoms with van der Waals surface area (Å²) < 4.78 is 0. The van der Waals surface area contributed by atoms with Crippen LogP contribution in [0.4, 0.5) is 0 Å². The van der Waals surface area contributed by atoms with E-state index in [0.717, 1.165) is 10.6 Å². The van der Waals surface area contributed by atoms with Gasteiger partial charge in [0.25, 0.3) is 0 Å². The SMILES string of the molecule is ClC=C1C=CC(Cl)=C1. The molecule has 8 heavy (non-hydrogen) atoms. The average Bonchev–Trinajstić information content (AvgIpc) is 2.14. The Hall–Kier alpha value is -0.200. The van der Waals surface area contributed by atoms with Crippen LogP contribution >= 0.6 is 23.2 Å². The Bertz CT molecular complexity index is 175. The maximum absolute atomic E-state index is 5.56. The molecule has 0 nitrogen and oxygen atoms in total. The third-order valence-electron chi connectivity index (χ3n) is 0.866. The summed E-state index contributed by atoms with van der Waals surface area (Å²) in [6.45, 7) is 0. The van der Waals surface area contributed by atoms with E-state index in [4.69, 9.17) is 23.2 Å². The van der Waals surface area contributed by atoms with Crippen molar-refractivity contribution in [2.75, 3.05) is 0 Å². The first-order valence-corrected chi connectivity index (χ1v) is 3.00. The molecule has 0 heterocycles. The van der Waals surface area contributed by atoms with Crippen LogP contribution in [0.5, 0.6) is 0 Å². The third kappa shape index (κ3) is 1.15. The van der Waals surface area contributed by atoms with Gasteiger partial charge in [0, 0.05) is 10.6 Å². The van der Waals surface area contributed by atoms with Crippen LogP contribution in [-0.4, -0.2) is 0 Å². The summed E-state index contributed by atoms with van der Waals surface area (Å²) in [5.41, 5.74) is 2.45. The Labute approximate surface area is 58.1 Å². The molecule has 0 saturated carbocycles. The van der Waals surface area contributed by atoms with E-state index in [-0.39, 0.29) is 0 Å². The molecular weight excluding hydrogens is 143 g/mol. The van der Waals surface area contributed by atoms with E-state index in [0.29, 0.717) is 0 Å². The molecule has 1 aliphatic carbocycles. The van der Waals surface area contributed by atoms with E-state index < -0.39 is 0 Å². The molecule has 0 aliphatic heterocycles. The molecule has 0 bridgehead atoms. The molecule has 1 rings (SSSR count). The minimum atomic E-state index is 0.733. The van der Waals surface area contributed by atoms with Crippen LogP contribution < -0.4 is 0 Å². The lowest BCUT2D eigenvalue weighted by Gasteiger charge is -1.77. The van der Waals surface area contributed by atoms with E-state index in [1.54, 1.807) is 12.2 Å². The van der Waals surface area contributed by atoms with Crippen molar-refractivity contribution in [3.05, 3.63) is 34.4 Å². The van der Waals surface area contributed by atoms with Gasteiger partial charge in [-0.1, -0.05) is 29.3 Å². The van der Waals surface area contributed by atoms with E-state index >= 15 is 0 Å². The van der Waals surface area contributed by atoms with Gasteiger partial charge in [0.15, 0.2) is 0 Å². The number of allylic oxidation sites excluding steroid dienone is 5. The first kappa shape index (κ1) is 5.93. The van der Waals surface area contributed by atoms with Crippen molar-refractivity contribution in [2.24, 2.45) is 0 Å². The van der Waals surface area contributed by atoms with Gasteiger partial charge in [-0.15, -0.1) is 0 Å². The highest BCUT2D eigenvalue weighted by atomic mass is 35.5. The molecule has 0 aromatic rings. The normalized spacial score (nSPS) is 22.2. The second-order valence-corrected chi connectivity index (χ2v) is 2.13. The molecule has 0 radical (unpaired) electrons. The van der Waals surface area contributed by atoms with Crippen molar-refractivity contribution in [2.45, 2.75) is 0 Å². The standard InChI is InChI=1S/C6H4Cl2/c7-4-5-1-2-6(8)3-5/h1-4H. The highest BCUT2D eigenvalue weighted by Crippen LogP contribution is 2.17. The van der Waals surface area contributed by atoms with Crippen molar-refractivity contribution in [1.29, 1.82) is 0 Å². The molecule has 0 aromatic carbocycles. The van der Waals surface area contributed by atoms with Gasteiger partial charge in [-0.05, 0) is 17.7 Å². The highest BCUT2D eigenvalue weighted by Gasteiger charge is 1.95. The maximum atomic E-state index is 5.56. The Kier molecular flexibility index (Phi) is 1.77.